The summed E-state index contributed by atoms with van der Waals surface area (Å²) in [6.45, 7) is 4.01. The molecule has 0 bridgehead atoms. The molecule has 8 nitrogen and oxygen atoms in total. The highest BCUT2D eigenvalue weighted by Crippen LogP contribution is 2.58. The number of para-hydroxylation sites is 2. The summed E-state index contributed by atoms with van der Waals surface area (Å²) in [7, 11) is -4.12. The van der Waals surface area contributed by atoms with Crippen molar-refractivity contribution in [1.29, 1.82) is 0 Å². The van der Waals surface area contributed by atoms with Gasteiger partial charge in [-0.15, -0.1) is 0 Å². The van der Waals surface area contributed by atoms with Crippen molar-refractivity contribution in [3.8, 4) is 34.1 Å². The maximum Gasteiger partial charge on any atom is 0.424 e. The van der Waals surface area contributed by atoms with Crippen LogP contribution >= 0.6 is 17.1 Å². The van der Waals surface area contributed by atoms with Crippen molar-refractivity contribution in [2.24, 2.45) is 0 Å². The Hall–Kier alpha value is -6.72. The molecule has 2 atom stereocenters. The zero-order valence-corrected chi connectivity index (χ0v) is 33.2. The summed E-state index contributed by atoms with van der Waals surface area (Å²) < 4.78 is 30.5. The summed E-state index contributed by atoms with van der Waals surface area (Å²) in [5.74, 6) is 1.46. The fourth-order valence-corrected chi connectivity index (χ4v) is 10.2. The van der Waals surface area contributed by atoms with Crippen LogP contribution in [0, 0.1) is 13.8 Å². The topological polar surface area (TPSA) is 77.5 Å². The van der Waals surface area contributed by atoms with E-state index in [0.29, 0.717) is 45.5 Å². The molecule has 0 spiro atoms. The van der Waals surface area contributed by atoms with Crippen molar-refractivity contribution < 1.29 is 27.7 Å². The van der Waals surface area contributed by atoms with Crippen molar-refractivity contribution in [3.63, 3.8) is 0 Å². The van der Waals surface area contributed by atoms with E-state index < -0.39 is 17.1 Å². The molecule has 2 heterocycles. The second-order valence-electron chi connectivity index (χ2n) is 14.1. The van der Waals surface area contributed by atoms with E-state index in [0.717, 1.165) is 43.8 Å². The predicted molar refractivity (Wildman–Crippen MR) is 232 cm³/mol. The van der Waals surface area contributed by atoms with Crippen LogP contribution in [0.15, 0.2) is 170 Å². The number of carbonyl (C=O) groups excluding carboxylic acids is 2. The van der Waals surface area contributed by atoms with Crippen LogP contribution < -0.4 is 27.4 Å². The van der Waals surface area contributed by atoms with Crippen LogP contribution in [0.5, 0.6) is 23.0 Å². The lowest BCUT2D eigenvalue weighted by molar-refractivity contribution is 0.0986. The van der Waals surface area contributed by atoms with Crippen LogP contribution in [0.2, 0.25) is 0 Å². The molecule has 0 saturated carbocycles. The Balaban J connectivity index is 1.16. The molecule has 10 heteroatoms. The average Bonchev–Trinajstić information content (AvgIpc) is 3.25. The average molecular weight is 797 g/mol. The van der Waals surface area contributed by atoms with Crippen LogP contribution in [-0.4, -0.2) is 11.8 Å². The lowest BCUT2D eigenvalue weighted by Crippen LogP contribution is -2.33. The van der Waals surface area contributed by atoms with E-state index in [1.54, 1.807) is 33.6 Å². The number of hydrogen-bond donors (Lipinski definition) is 0. The molecule has 10 rings (SSSR count). The van der Waals surface area contributed by atoms with Crippen LogP contribution in [0.1, 0.15) is 31.8 Å². The van der Waals surface area contributed by atoms with E-state index in [4.69, 9.17) is 18.1 Å². The van der Waals surface area contributed by atoms with E-state index in [1.807, 2.05) is 135 Å². The van der Waals surface area contributed by atoms with E-state index in [1.165, 1.54) is 0 Å². The molecule has 0 N–H and O–H groups in total. The molecule has 0 fully saturated rings. The number of aryl methyl sites for hydroxylation is 2. The largest absolute Gasteiger partial charge is 0.424 e. The van der Waals surface area contributed by atoms with Gasteiger partial charge in [0, 0.05) is 11.1 Å². The molecule has 8 aromatic carbocycles. The number of fused-ring (bicyclic) bond motifs is 4. The highest BCUT2D eigenvalue weighted by atomic mass is 31.2. The third-order valence-corrected chi connectivity index (χ3v) is 13.1. The summed E-state index contributed by atoms with van der Waals surface area (Å²) in [5, 5.41) is 3.75. The van der Waals surface area contributed by atoms with Gasteiger partial charge < -0.3 is 18.1 Å². The number of rotatable bonds is 7. The maximum atomic E-state index is 14.3. The van der Waals surface area contributed by atoms with Gasteiger partial charge in [0.2, 0.25) is 0 Å². The molecule has 0 aliphatic carbocycles. The SMILES string of the molecule is Cc1ccc(N2C(=O)c3ccccc3OP2Oc2ccc3ccccc3c2-c2c(OP3Oc4ccccc4C(=O)N3c3ccc(C)cc3)ccc3ccccc23)cc1. The van der Waals surface area contributed by atoms with Gasteiger partial charge in [0.15, 0.2) is 0 Å². The Morgan fingerprint density at radius 1 is 0.431 bits per heavy atom. The highest BCUT2D eigenvalue weighted by Gasteiger charge is 2.41. The third-order valence-electron chi connectivity index (χ3n) is 10.2. The first-order valence-electron chi connectivity index (χ1n) is 18.8. The van der Waals surface area contributed by atoms with Crippen LogP contribution in [0.3, 0.4) is 0 Å². The van der Waals surface area contributed by atoms with E-state index in [-0.39, 0.29) is 11.8 Å². The van der Waals surface area contributed by atoms with Crippen LogP contribution in [0.25, 0.3) is 32.7 Å². The molecule has 2 aliphatic heterocycles. The van der Waals surface area contributed by atoms with Crippen molar-refractivity contribution in [3.05, 3.63) is 192 Å². The molecule has 2 aliphatic rings. The Labute approximate surface area is 337 Å². The number of hydrogen-bond acceptors (Lipinski definition) is 6. The lowest BCUT2D eigenvalue weighted by atomic mass is 9.92. The molecular formula is C48H34N2O6P2. The summed E-state index contributed by atoms with van der Waals surface area (Å²) in [5.41, 5.74) is 5.84. The molecule has 58 heavy (non-hydrogen) atoms. The first-order chi connectivity index (χ1) is 28.4. The normalized spacial score (nSPS) is 16.0. The van der Waals surface area contributed by atoms with Crippen molar-refractivity contribution in [2.45, 2.75) is 13.8 Å². The monoisotopic (exact) mass is 796 g/mol. The van der Waals surface area contributed by atoms with Gasteiger partial charge in [-0.2, -0.15) is 0 Å². The molecule has 8 aromatic rings. The molecule has 2 amide bonds. The standard InChI is InChI=1S/C48H34N2O6P2/c1-31-19-25-35(26-20-31)49-47(51)39-15-7-9-17-41(39)53-57(49)55-43-29-23-33-11-3-5-13-37(33)45(43)46-38-14-6-4-12-34(38)24-30-44(46)56-58-50(36-27-21-32(2)22-28-36)48(52)40-16-8-10-18-42(40)54-58/h3-30H,1-2H3. The van der Waals surface area contributed by atoms with Crippen molar-refractivity contribution in [2.75, 3.05) is 9.34 Å². The van der Waals surface area contributed by atoms with Crippen LogP contribution in [0.4, 0.5) is 11.4 Å². The first kappa shape index (κ1) is 35.7. The predicted octanol–water partition coefficient (Wildman–Crippen LogP) is 13.0. The molecule has 0 aromatic heterocycles. The molecule has 282 valence electrons. The zero-order chi connectivity index (χ0) is 39.3. The molecule has 0 radical (unpaired) electrons. The van der Waals surface area contributed by atoms with E-state index >= 15 is 0 Å². The van der Waals surface area contributed by atoms with Crippen molar-refractivity contribution >= 4 is 61.8 Å². The lowest BCUT2D eigenvalue weighted by Gasteiger charge is -2.35. The summed E-state index contributed by atoms with van der Waals surface area (Å²) in [6, 6.07) is 54.0. The van der Waals surface area contributed by atoms with Gasteiger partial charge in [-0.3, -0.25) is 9.59 Å². The maximum absolute atomic E-state index is 14.3. The van der Waals surface area contributed by atoms with Gasteiger partial charge >= 0.3 is 17.1 Å². The minimum Gasteiger partial charge on any atom is -0.422 e. The van der Waals surface area contributed by atoms with Gasteiger partial charge in [0.25, 0.3) is 11.8 Å². The Morgan fingerprint density at radius 3 is 1.24 bits per heavy atom. The Bertz CT molecular complexity index is 2700. The number of benzene rings is 8. The summed E-state index contributed by atoms with van der Waals surface area (Å²) in [6.07, 6.45) is 0. The minimum absolute atomic E-state index is 0.216. The minimum atomic E-state index is -2.06. The Kier molecular flexibility index (Phi) is 9.01. The second kappa shape index (κ2) is 14.7. The van der Waals surface area contributed by atoms with Gasteiger partial charge in [0.1, 0.15) is 23.0 Å². The number of nitrogens with zero attached hydrogens (tertiary/aromatic N) is 2. The summed E-state index contributed by atoms with van der Waals surface area (Å²) in [4.78, 5) is 28.6. The van der Waals surface area contributed by atoms with E-state index in [2.05, 4.69) is 24.3 Å². The van der Waals surface area contributed by atoms with E-state index in [9.17, 15) is 9.59 Å². The highest BCUT2D eigenvalue weighted by molar-refractivity contribution is 7.52. The zero-order valence-electron chi connectivity index (χ0n) is 31.4. The fourth-order valence-electron chi connectivity index (χ4n) is 7.33. The van der Waals surface area contributed by atoms with Crippen molar-refractivity contribution in [1.82, 2.24) is 0 Å². The number of carbonyl (C=O) groups is 2. The summed E-state index contributed by atoms with van der Waals surface area (Å²) >= 11 is 0. The quantitative estimate of drug-likeness (QED) is 0.150. The van der Waals surface area contributed by atoms with Gasteiger partial charge in [-0.05, 0) is 96.1 Å². The molecule has 0 saturated heterocycles. The fraction of sp³-hybridized carbons (Fsp3) is 0.0417. The smallest absolute Gasteiger partial charge is 0.422 e. The van der Waals surface area contributed by atoms with Gasteiger partial charge in [-0.25, -0.2) is 9.34 Å². The first-order valence-corrected chi connectivity index (χ1v) is 21.0. The molecule has 2 unspecified atom stereocenters. The number of anilines is 2. The molecular weight excluding hydrogens is 762 g/mol. The Morgan fingerprint density at radius 2 is 0.810 bits per heavy atom. The third kappa shape index (κ3) is 6.28. The van der Waals surface area contributed by atoms with Gasteiger partial charge in [-0.1, -0.05) is 120 Å². The second-order valence-corrected chi connectivity index (χ2v) is 16.5. The number of amides is 2. The van der Waals surface area contributed by atoms with Crippen LogP contribution in [-0.2, 0) is 0 Å². The van der Waals surface area contributed by atoms with Gasteiger partial charge in [0.05, 0.1) is 22.5 Å².